The second kappa shape index (κ2) is 6.33. The Labute approximate surface area is 102 Å². The van der Waals surface area contributed by atoms with E-state index in [2.05, 4.69) is 10.6 Å². The predicted molar refractivity (Wildman–Crippen MR) is 65.6 cm³/mol. The van der Waals surface area contributed by atoms with Gasteiger partial charge in [-0.2, -0.15) is 0 Å². The van der Waals surface area contributed by atoms with Gasteiger partial charge in [-0.05, 0) is 25.7 Å². The number of hydrogen-bond acceptors (Lipinski definition) is 4. The minimum absolute atomic E-state index is 0.0367. The Bertz CT molecular complexity index is 246. The number of morpholine rings is 1. The van der Waals surface area contributed by atoms with Crippen LogP contribution in [0.5, 0.6) is 0 Å². The first-order valence-corrected chi connectivity index (χ1v) is 6.61. The topological polar surface area (TPSA) is 76.4 Å². The van der Waals surface area contributed by atoms with Gasteiger partial charge in [-0.3, -0.25) is 4.79 Å². The summed E-state index contributed by atoms with van der Waals surface area (Å²) < 4.78 is 5.51. The SMILES string of the molecule is NC1CCC(NC(=O)CC2CNCCO2)CC1. The van der Waals surface area contributed by atoms with Gasteiger partial charge < -0.3 is 21.1 Å². The van der Waals surface area contributed by atoms with E-state index in [0.29, 0.717) is 25.1 Å². The molecule has 17 heavy (non-hydrogen) atoms. The Kier molecular flexibility index (Phi) is 4.76. The van der Waals surface area contributed by atoms with Crippen LogP contribution in [-0.2, 0) is 9.53 Å². The van der Waals surface area contributed by atoms with E-state index in [1.807, 2.05) is 0 Å². The van der Waals surface area contributed by atoms with E-state index in [0.717, 1.165) is 38.8 Å². The standard InChI is InChI=1S/C12H23N3O2/c13-9-1-3-10(4-2-9)15-12(16)7-11-8-14-5-6-17-11/h9-11,14H,1-8,13H2,(H,15,16). The number of nitrogens with two attached hydrogens (primary N) is 1. The maximum atomic E-state index is 11.8. The van der Waals surface area contributed by atoms with E-state index in [1.54, 1.807) is 0 Å². The summed E-state index contributed by atoms with van der Waals surface area (Å²) in [6, 6.07) is 0.646. The van der Waals surface area contributed by atoms with Crippen molar-refractivity contribution in [1.29, 1.82) is 0 Å². The minimum Gasteiger partial charge on any atom is -0.375 e. The molecule has 0 spiro atoms. The summed E-state index contributed by atoms with van der Waals surface area (Å²) in [5.74, 6) is 0.110. The van der Waals surface area contributed by atoms with Gasteiger partial charge in [0.1, 0.15) is 0 Å². The molecule has 0 aromatic heterocycles. The van der Waals surface area contributed by atoms with Gasteiger partial charge in [0, 0.05) is 25.2 Å². The lowest BCUT2D eigenvalue weighted by molar-refractivity contribution is -0.125. The summed E-state index contributed by atoms with van der Waals surface area (Å²) in [5, 5.41) is 6.31. The summed E-state index contributed by atoms with van der Waals surface area (Å²) in [7, 11) is 0. The Hall–Kier alpha value is -0.650. The van der Waals surface area contributed by atoms with Crippen LogP contribution in [0.1, 0.15) is 32.1 Å². The molecule has 1 amide bonds. The number of rotatable bonds is 3. The molecule has 1 saturated carbocycles. The zero-order valence-electron chi connectivity index (χ0n) is 10.3. The Morgan fingerprint density at radius 3 is 2.76 bits per heavy atom. The van der Waals surface area contributed by atoms with Crippen LogP contribution in [0.25, 0.3) is 0 Å². The molecule has 1 aliphatic carbocycles. The number of carbonyl (C=O) groups excluding carboxylic acids is 1. The average Bonchev–Trinajstić information content (AvgIpc) is 2.33. The Balaban J connectivity index is 1.66. The fraction of sp³-hybridized carbons (Fsp3) is 0.917. The molecule has 1 saturated heterocycles. The highest BCUT2D eigenvalue weighted by atomic mass is 16.5. The molecule has 1 unspecified atom stereocenters. The third kappa shape index (κ3) is 4.26. The third-order valence-electron chi connectivity index (χ3n) is 3.55. The molecular formula is C12H23N3O2. The van der Waals surface area contributed by atoms with Crippen molar-refractivity contribution < 1.29 is 9.53 Å². The molecule has 0 aromatic carbocycles. The lowest BCUT2D eigenvalue weighted by Gasteiger charge is -2.28. The highest BCUT2D eigenvalue weighted by Crippen LogP contribution is 2.17. The van der Waals surface area contributed by atoms with Crippen LogP contribution in [0.4, 0.5) is 0 Å². The van der Waals surface area contributed by atoms with Crippen molar-refractivity contribution >= 4 is 5.91 Å². The molecule has 0 aromatic rings. The quantitative estimate of drug-likeness (QED) is 0.637. The molecule has 1 heterocycles. The predicted octanol–water partition coefficient (Wildman–Crippen LogP) is -0.249. The van der Waals surface area contributed by atoms with Gasteiger partial charge >= 0.3 is 0 Å². The van der Waals surface area contributed by atoms with Crippen molar-refractivity contribution in [2.75, 3.05) is 19.7 Å². The zero-order valence-corrected chi connectivity index (χ0v) is 10.3. The molecule has 0 bridgehead atoms. The summed E-state index contributed by atoms with van der Waals surface area (Å²) in [6.07, 6.45) is 4.57. The molecule has 2 fully saturated rings. The van der Waals surface area contributed by atoms with Crippen LogP contribution >= 0.6 is 0 Å². The van der Waals surface area contributed by atoms with Crippen LogP contribution in [0, 0.1) is 0 Å². The molecule has 4 N–H and O–H groups in total. The molecule has 2 aliphatic rings. The maximum absolute atomic E-state index is 11.8. The lowest BCUT2D eigenvalue weighted by Crippen LogP contribution is -2.44. The van der Waals surface area contributed by atoms with E-state index in [1.165, 1.54) is 0 Å². The molecule has 1 atom stereocenters. The normalized spacial score (nSPS) is 34.3. The second-order valence-corrected chi connectivity index (χ2v) is 5.08. The van der Waals surface area contributed by atoms with Crippen molar-refractivity contribution in [3.05, 3.63) is 0 Å². The van der Waals surface area contributed by atoms with E-state index < -0.39 is 0 Å². The monoisotopic (exact) mass is 241 g/mol. The molecule has 5 nitrogen and oxygen atoms in total. The van der Waals surface area contributed by atoms with Crippen LogP contribution in [0.15, 0.2) is 0 Å². The van der Waals surface area contributed by atoms with E-state index >= 15 is 0 Å². The Morgan fingerprint density at radius 2 is 2.12 bits per heavy atom. The summed E-state index contributed by atoms with van der Waals surface area (Å²) in [6.45, 7) is 2.37. The highest BCUT2D eigenvalue weighted by molar-refractivity contribution is 5.76. The number of nitrogens with one attached hydrogen (secondary N) is 2. The average molecular weight is 241 g/mol. The maximum Gasteiger partial charge on any atom is 0.222 e. The van der Waals surface area contributed by atoms with Gasteiger partial charge in [0.2, 0.25) is 5.91 Å². The fourth-order valence-electron chi connectivity index (χ4n) is 2.51. The zero-order chi connectivity index (χ0) is 12.1. The Morgan fingerprint density at radius 1 is 1.35 bits per heavy atom. The molecule has 2 rings (SSSR count). The van der Waals surface area contributed by atoms with Crippen LogP contribution in [0.3, 0.4) is 0 Å². The minimum atomic E-state index is 0.0367. The molecular weight excluding hydrogens is 218 g/mol. The summed E-state index contributed by atoms with van der Waals surface area (Å²) in [4.78, 5) is 11.8. The van der Waals surface area contributed by atoms with Crippen molar-refractivity contribution in [3.8, 4) is 0 Å². The van der Waals surface area contributed by atoms with Gasteiger partial charge in [-0.1, -0.05) is 0 Å². The summed E-state index contributed by atoms with van der Waals surface area (Å²) >= 11 is 0. The first-order valence-electron chi connectivity index (χ1n) is 6.61. The molecule has 98 valence electrons. The van der Waals surface area contributed by atoms with Crippen molar-refractivity contribution in [2.24, 2.45) is 5.73 Å². The van der Waals surface area contributed by atoms with Gasteiger partial charge in [-0.25, -0.2) is 0 Å². The van der Waals surface area contributed by atoms with Gasteiger partial charge in [0.15, 0.2) is 0 Å². The molecule has 5 heteroatoms. The van der Waals surface area contributed by atoms with Crippen LogP contribution in [0.2, 0.25) is 0 Å². The number of carbonyl (C=O) groups is 1. The van der Waals surface area contributed by atoms with Gasteiger partial charge in [-0.15, -0.1) is 0 Å². The third-order valence-corrected chi connectivity index (χ3v) is 3.55. The molecule has 1 aliphatic heterocycles. The van der Waals surface area contributed by atoms with E-state index in [4.69, 9.17) is 10.5 Å². The highest BCUT2D eigenvalue weighted by Gasteiger charge is 2.22. The first-order chi connectivity index (χ1) is 8.24. The largest absolute Gasteiger partial charge is 0.375 e. The lowest BCUT2D eigenvalue weighted by atomic mass is 9.92. The van der Waals surface area contributed by atoms with Crippen LogP contribution in [-0.4, -0.2) is 43.8 Å². The smallest absolute Gasteiger partial charge is 0.222 e. The van der Waals surface area contributed by atoms with E-state index in [9.17, 15) is 4.79 Å². The second-order valence-electron chi connectivity index (χ2n) is 5.08. The molecule has 0 radical (unpaired) electrons. The fourth-order valence-corrected chi connectivity index (χ4v) is 2.51. The van der Waals surface area contributed by atoms with Crippen molar-refractivity contribution in [2.45, 2.75) is 50.3 Å². The first kappa shape index (κ1) is 12.8. The number of amides is 1. The van der Waals surface area contributed by atoms with Gasteiger partial charge in [0.25, 0.3) is 0 Å². The summed E-state index contributed by atoms with van der Waals surface area (Å²) in [5.41, 5.74) is 5.84. The van der Waals surface area contributed by atoms with Gasteiger partial charge in [0.05, 0.1) is 19.1 Å². The van der Waals surface area contributed by atoms with E-state index in [-0.39, 0.29) is 12.0 Å². The number of ether oxygens (including phenoxy) is 1. The van der Waals surface area contributed by atoms with Crippen molar-refractivity contribution in [3.63, 3.8) is 0 Å². The van der Waals surface area contributed by atoms with Crippen molar-refractivity contribution in [1.82, 2.24) is 10.6 Å². The van der Waals surface area contributed by atoms with Crippen LogP contribution < -0.4 is 16.4 Å². The number of hydrogen-bond donors (Lipinski definition) is 3.